The number of carbonyl (C=O) groups excluding carboxylic acids is 3. The Morgan fingerprint density at radius 1 is 0.694 bits per heavy atom. The lowest BCUT2D eigenvalue weighted by Crippen LogP contribution is -2.28. The number of ketones is 1. The summed E-state index contributed by atoms with van der Waals surface area (Å²) in [6.45, 7) is 3.72. The van der Waals surface area contributed by atoms with E-state index in [1.807, 2.05) is 0 Å². The van der Waals surface area contributed by atoms with Crippen molar-refractivity contribution in [3.8, 4) is 0 Å². The van der Waals surface area contributed by atoms with Crippen molar-refractivity contribution in [3.05, 3.63) is 12.2 Å². The van der Waals surface area contributed by atoms with Gasteiger partial charge in [-0.05, 0) is 25.7 Å². The van der Waals surface area contributed by atoms with E-state index >= 15 is 0 Å². The quantitative estimate of drug-likeness (QED) is 0.0315. The monoisotopic (exact) mass is 697 g/mol. The zero-order valence-corrected chi connectivity index (χ0v) is 31.0. The first-order valence-electron chi connectivity index (χ1n) is 19.9. The fourth-order valence-corrected chi connectivity index (χ4v) is 6.67. The molecule has 9 heteroatoms. The zero-order valence-electron chi connectivity index (χ0n) is 31.0. The van der Waals surface area contributed by atoms with Crippen LogP contribution in [0, 0.1) is 11.8 Å². The number of hydrogen-bond donors (Lipinski definition) is 4. The molecule has 286 valence electrons. The van der Waals surface area contributed by atoms with Gasteiger partial charge < -0.3 is 29.9 Å². The summed E-state index contributed by atoms with van der Waals surface area (Å²) < 4.78 is 10.5. The smallest absolute Gasteiger partial charge is 0.306 e. The molecule has 0 spiro atoms. The average molecular weight is 697 g/mol. The molecule has 0 heterocycles. The van der Waals surface area contributed by atoms with E-state index in [1.165, 1.54) is 70.6 Å². The number of Topliss-reactive ketones (excluding diaryl/α,β-unsaturated/α-hetero) is 1. The van der Waals surface area contributed by atoms with Gasteiger partial charge in [0.2, 0.25) is 0 Å². The molecule has 0 saturated heterocycles. The number of aliphatic hydroxyl groups is 4. The highest BCUT2D eigenvalue weighted by Crippen LogP contribution is 2.36. The minimum Gasteiger partial charge on any atom is -0.462 e. The normalized spacial score (nSPS) is 20.4. The van der Waals surface area contributed by atoms with Crippen molar-refractivity contribution in [3.63, 3.8) is 0 Å². The highest BCUT2D eigenvalue weighted by molar-refractivity contribution is 5.79. The molecule has 6 atom stereocenters. The predicted octanol–water partition coefficient (Wildman–Crippen LogP) is 7.68. The van der Waals surface area contributed by atoms with E-state index in [1.54, 1.807) is 12.2 Å². The van der Waals surface area contributed by atoms with Gasteiger partial charge in [0.25, 0.3) is 0 Å². The van der Waals surface area contributed by atoms with Crippen molar-refractivity contribution >= 4 is 17.7 Å². The number of hydrogen-bond acceptors (Lipinski definition) is 9. The second-order valence-electron chi connectivity index (χ2n) is 14.3. The van der Waals surface area contributed by atoms with Gasteiger partial charge in [-0.3, -0.25) is 14.4 Å². The number of aliphatic hydroxyl groups excluding tert-OH is 4. The first-order chi connectivity index (χ1) is 23.7. The van der Waals surface area contributed by atoms with Crippen molar-refractivity contribution in [1.82, 2.24) is 0 Å². The van der Waals surface area contributed by atoms with Crippen LogP contribution in [0.25, 0.3) is 0 Å². The Balaban J connectivity index is 2.14. The number of rotatable bonds is 32. The van der Waals surface area contributed by atoms with Crippen LogP contribution in [0.1, 0.15) is 174 Å². The Morgan fingerprint density at radius 3 is 1.80 bits per heavy atom. The molecule has 0 aliphatic heterocycles. The lowest BCUT2D eigenvalue weighted by molar-refractivity contribution is -0.161. The molecule has 0 unspecified atom stereocenters. The van der Waals surface area contributed by atoms with E-state index in [0.29, 0.717) is 25.7 Å². The van der Waals surface area contributed by atoms with Crippen LogP contribution in [-0.4, -0.2) is 75.8 Å². The van der Waals surface area contributed by atoms with Gasteiger partial charge in [-0.2, -0.15) is 0 Å². The van der Waals surface area contributed by atoms with Crippen LogP contribution in [0.2, 0.25) is 0 Å². The third kappa shape index (κ3) is 23.3. The summed E-state index contributed by atoms with van der Waals surface area (Å²) in [5.41, 5.74) is 0. The first kappa shape index (κ1) is 45.2. The fraction of sp³-hybridized carbons (Fsp3) is 0.875. The summed E-state index contributed by atoms with van der Waals surface area (Å²) in [5, 5.41) is 40.7. The van der Waals surface area contributed by atoms with Gasteiger partial charge in [-0.1, -0.05) is 129 Å². The Hall–Kier alpha value is -1.81. The van der Waals surface area contributed by atoms with E-state index in [4.69, 9.17) is 9.47 Å². The van der Waals surface area contributed by atoms with Gasteiger partial charge in [-0.25, -0.2) is 0 Å². The van der Waals surface area contributed by atoms with E-state index in [2.05, 4.69) is 13.8 Å². The van der Waals surface area contributed by atoms with Crippen molar-refractivity contribution in [2.24, 2.45) is 11.8 Å². The van der Waals surface area contributed by atoms with Crippen LogP contribution in [0.4, 0.5) is 0 Å². The van der Waals surface area contributed by atoms with Gasteiger partial charge in [0.05, 0.1) is 24.9 Å². The van der Waals surface area contributed by atoms with Crippen LogP contribution in [0.3, 0.4) is 0 Å². The minimum absolute atomic E-state index is 0.0487. The van der Waals surface area contributed by atoms with Gasteiger partial charge in [-0.15, -0.1) is 0 Å². The molecule has 1 saturated carbocycles. The number of ether oxygens (including phenoxy) is 2. The summed E-state index contributed by atoms with van der Waals surface area (Å²) in [4.78, 5) is 37.1. The molecule has 0 aromatic carbocycles. The number of esters is 2. The maximum absolute atomic E-state index is 12.7. The lowest BCUT2D eigenvalue weighted by atomic mass is 9.87. The average Bonchev–Trinajstić information content (AvgIpc) is 3.34. The molecule has 0 aromatic rings. The molecule has 0 radical (unpaired) electrons. The molecular weight excluding hydrogens is 624 g/mol. The molecule has 0 bridgehead atoms. The van der Waals surface area contributed by atoms with Crippen LogP contribution in [0.15, 0.2) is 12.2 Å². The summed E-state index contributed by atoms with van der Waals surface area (Å²) in [6, 6.07) is 0. The molecule has 9 nitrogen and oxygen atoms in total. The summed E-state index contributed by atoms with van der Waals surface area (Å²) in [6.07, 6.45) is 23.3. The lowest BCUT2D eigenvalue weighted by Gasteiger charge is -2.20. The van der Waals surface area contributed by atoms with E-state index in [-0.39, 0.29) is 44.0 Å². The van der Waals surface area contributed by atoms with Gasteiger partial charge in [0.1, 0.15) is 12.4 Å². The molecule has 0 amide bonds. The summed E-state index contributed by atoms with van der Waals surface area (Å²) in [7, 11) is 0. The first-order valence-corrected chi connectivity index (χ1v) is 19.9. The molecule has 1 fully saturated rings. The highest BCUT2D eigenvalue weighted by Gasteiger charge is 2.41. The maximum atomic E-state index is 12.7. The van der Waals surface area contributed by atoms with E-state index in [0.717, 1.165) is 38.5 Å². The van der Waals surface area contributed by atoms with Crippen LogP contribution < -0.4 is 0 Å². The molecular formula is C40H72O9. The van der Waals surface area contributed by atoms with Gasteiger partial charge in [0, 0.05) is 43.9 Å². The molecule has 1 rings (SSSR count). The second-order valence-corrected chi connectivity index (χ2v) is 14.3. The minimum atomic E-state index is -0.917. The standard InChI is InChI=1S/C40H72O9/c1-3-5-7-8-9-10-11-12-13-14-15-16-17-19-24-39(46)48-31-34(30-41)49-40(47)25-21-20-23-33(43)28-36-35(37(44)29-38(36)45)27-26-32(42)22-18-6-4-2/h26-27,32,34-38,41-42,44-45H,3-25,28-31H2,1-2H3/b27-26+/t32-,34-,35+,36+,37+,38-/m0/s1. The largest absolute Gasteiger partial charge is 0.462 e. The van der Waals surface area contributed by atoms with Crippen LogP contribution in [0.5, 0.6) is 0 Å². The van der Waals surface area contributed by atoms with E-state index in [9.17, 15) is 34.8 Å². The molecule has 49 heavy (non-hydrogen) atoms. The van der Waals surface area contributed by atoms with Gasteiger partial charge in [0.15, 0.2) is 6.10 Å². The molecule has 4 N–H and O–H groups in total. The Bertz CT molecular complexity index is 876. The van der Waals surface area contributed by atoms with Gasteiger partial charge >= 0.3 is 11.9 Å². The Morgan fingerprint density at radius 2 is 1.20 bits per heavy atom. The summed E-state index contributed by atoms with van der Waals surface area (Å²) in [5.74, 6) is -1.72. The van der Waals surface area contributed by atoms with Crippen molar-refractivity contribution in [1.29, 1.82) is 0 Å². The maximum Gasteiger partial charge on any atom is 0.306 e. The SMILES string of the molecule is CCCCCCCCCCCCCCCCC(=O)OC[C@H](CO)OC(=O)CCCCC(=O)C[C@@H]1[C@@H](/C=C/[C@@H](O)CCCCC)[C@H](O)C[C@@H]1O. The van der Waals surface area contributed by atoms with Crippen molar-refractivity contribution < 1.29 is 44.3 Å². The van der Waals surface area contributed by atoms with E-state index < -0.39 is 48.8 Å². The van der Waals surface area contributed by atoms with Crippen molar-refractivity contribution in [2.75, 3.05) is 13.2 Å². The number of unbranched alkanes of at least 4 members (excludes halogenated alkanes) is 16. The highest BCUT2D eigenvalue weighted by atomic mass is 16.6. The molecule has 1 aliphatic carbocycles. The third-order valence-electron chi connectivity index (χ3n) is 9.79. The Kier molecular flexibility index (Phi) is 27.6. The van der Waals surface area contributed by atoms with Crippen LogP contribution >= 0.6 is 0 Å². The molecule has 1 aliphatic rings. The zero-order chi connectivity index (χ0) is 36.1. The van der Waals surface area contributed by atoms with Crippen LogP contribution in [-0.2, 0) is 23.9 Å². The Labute approximate surface area is 297 Å². The topological polar surface area (TPSA) is 151 Å². The molecule has 0 aromatic heterocycles. The second kappa shape index (κ2) is 29.9. The third-order valence-corrected chi connectivity index (χ3v) is 9.79. The summed E-state index contributed by atoms with van der Waals surface area (Å²) >= 11 is 0. The van der Waals surface area contributed by atoms with Crippen molar-refractivity contribution in [2.45, 2.75) is 199 Å². The predicted molar refractivity (Wildman–Crippen MR) is 194 cm³/mol. The number of carbonyl (C=O) groups is 3. The fourth-order valence-electron chi connectivity index (χ4n) is 6.67.